The largest absolute Gasteiger partial charge is 0.496 e. The SMILES string of the molecule is COc1ccc(C(C(=O)O)N2CCOCC2)cc1Br. The number of rotatable bonds is 4. The maximum Gasteiger partial charge on any atom is 0.325 e. The second-order valence-electron chi connectivity index (χ2n) is 4.28. The van der Waals surface area contributed by atoms with Crippen molar-refractivity contribution in [2.24, 2.45) is 0 Å². The van der Waals surface area contributed by atoms with E-state index in [-0.39, 0.29) is 0 Å². The number of halogens is 1. The zero-order valence-corrected chi connectivity index (χ0v) is 12.2. The summed E-state index contributed by atoms with van der Waals surface area (Å²) in [6, 6.07) is 4.71. The highest BCUT2D eigenvalue weighted by molar-refractivity contribution is 9.10. The second-order valence-corrected chi connectivity index (χ2v) is 5.14. The number of hydrogen-bond acceptors (Lipinski definition) is 4. The Morgan fingerprint density at radius 2 is 2.16 bits per heavy atom. The van der Waals surface area contributed by atoms with Crippen LogP contribution < -0.4 is 4.74 Å². The molecule has 104 valence electrons. The normalized spacial score (nSPS) is 18.0. The highest BCUT2D eigenvalue weighted by Gasteiger charge is 2.29. The Morgan fingerprint density at radius 1 is 1.47 bits per heavy atom. The number of carboxylic acids is 1. The van der Waals surface area contributed by atoms with Crippen molar-refractivity contribution >= 4 is 21.9 Å². The molecule has 1 unspecified atom stereocenters. The first-order chi connectivity index (χ1) is 9.13. The van der Waals surface area contributed by atoms with Crippen molar-refractivity contribution in [2.45, 2.75) is 6.04 Å². The Bertz CT molecular complexity index is 460. The van der Waals surface area contributed by atoms with Crippen molar-refractivity contribution < 1.29 is 19.4 Å². The second kappa shape index (κ2) is 6.36. The molecule has 5 nitrogen and oxygen atoms in total. The molecule has 1 fully saturated rings. The summed E-state index contributed by atoms with van der Waals surface area (Å²) in [4.78, 5) is 13.5. The van der Waals surface area contributed by atoms with E-state index in [1.807, 2.05) is 4.90 Å². The van der Waals surface area contributed by atoms with Gasteiger partial charge in [0.05, 0.1) is 24.8 Å². The molecule has 1 saturated heterocycles. The number of carboxylic acid groups (broad SMARTS) is 1. The lowest BCUT2D eigenvalue weighted by Crippen LogP contribution is -2.42. The van der Waals surface area contributed by atoms with Gasteiger partial charge in [-0.3, -0.25) is 9.69 Å². The zero-order valence-electron chi connectivity index (χ0n) is 10.6. The number of hydrogen-bond donors (Lipinski definition) is 1. The van der Waals surface area contributed by atoms with E-state index in [0.717, 1.165) is 10.0 Å². The first kappa shape index (κ1) is 14.3. The fourth-order valence-electron chi connectivity index (χ4n) is 2.20. The Kier molecular flexibility index (Phi) is 4.79. The fraction of sp³-hybridized carbons (Fsp3) is 0.462. The predicted molar refractivity (Wildman–Crippen MR) is 73.5 cm³/mol. The molecule has 2 rings (SSSR count). The van der Waals surface area contributed by atoms with E-state index in [2.05, 4.69) is 15.9 Å². The lowest BCUT2D eigenvalue weighted by atomic mass is 10.0. The fourth-order valence-corrected chi connectivity index (χ4v) is 2.76. The van der Waals surface area contributed by atoms with E-state index >= 15 is 0 Å². The Balaban J connectivity index is 2.28. The number of morpholine rings is 1. The quantitative estimate of drug-likeness (QED) is 0.914. The topological polar surface area (TPSA) is 59.0 Å². The van der Waals surface area contributed by atoms with Gasteiger partial charge in [-0.15, -0.1) is 0 Å². The molecule has 6 heteroatoms. The summed E-state index contributed by atoms with van der Waals surface area (Å²) in [5, 5.41) is 9.47. The summed E-state index contributed by atoms with van der Waals surface area (Å²) in [5.41, 5.74) is 0.738. The van der Waals surface area contributed by atoms with Crippen LogP contribution in [0.5, 0.6) is 5.75 Å². The molecule has 1 N–H and O–H groups in total. The molecule has 1 aromatic carbocycles. The van der Waals surface area contributed by atoms with Gasteiger partial charge in [0.2, 0.25) is 0 Å². The van der Waals surface area contributed by atoms with Crippen molar-refractivity contribution in [3.8, 4) is 5.75 Å². The maximum atomic E-state index is 11.5. The Hall–Kier alpha value is -1.11. The van der Waals surface area contributed by atoms with Crippen LogP contribution in [0, 0.1) is 0 Å². The maximum absolute atomic E-state index is 11.5. The van der Waals surface area contributed by atoms with E-state index in [0.29, 0.717) is 32.1 Å². The van der Waals surface area contributed by atoms with Crippen LogP contribution in [0.3, 0.4) is 0 Å². The van der Waals surface area contributed by atoms with E-state index in [9.17, 15) is 9.90 Å². The van der Waals surface area contributed by atoms with Crippen molar-refractivity contribution in [3.63, 3.8) is 0 Å². The van der Waals surface area contributed by atoms with Crippen molar-refractivity contribution in [1.29, 1.82) is 0 Å². The summed E-state index contributed by atoms with van der Waals surface area (Å²) >= 11 is 3.39. The molecule has 0 amide bonds. The van der Waals surface area contributed by atoms with Gasteiger partial charge in [-0.2, -0.15) is 0 Å². The number of methoxy groups -OCH3 is 1. The van der Waals surface area contributed by atoms with Crippen LogP contribution in [0.4, 0.5) is 0 Å². The third-order valence-corrected chi connectivity index (χ3v) is 3.76. The van der Waals surface area contributed by atoms with Gasteiger partial charge in [-0.05, 0) is 33.6 Å². The lowest BCUT2D eigenvalue weighted by molar-refractivity contribution is -0.145. The summed E-state index contributed by atoms with van der Waals surface area (Å²) in [6.45, 7) is 2.39. The van der Waals surface area contributed by atoms with Gasteiger partial charge in [-0.1, -0.05) is 6.07 Å². The molecule has 1 heterocycles. The molecule has 0 aromatic heterocycles. The lowest BCUT2D eigenvalue weighted by Gasteiger charge is -2.32. The number of aliphatic carboxylic acids is 1. The van der Waals surface area contributed by atoms with E-state index in [4.69, 9.17) is 9.47 Å². The summed E-state index contributed by atoms with van der Waals surface area (Å²) in [5.74, 6) is -0.158. The predicted octanol–water partition coefficient (Wildman–Crippen LogP) is 1.92. The average molecular weight is 330 g/mol. The van der Waals surface area contributed by atoms with Gasteiger partial charge in [0.15, 0.2) is 0 Å². The molecular weight excluding hydrogens is 314 g/mol. The van der Waals surface area contributed by atoms with Crippen LogP contribution >= 0.6 is 15.9 Å². The van der Waals surface area contributed by atoms with E-state index < -0.39 is 12.0 Å². The van der Waals surface area contributed by atoms with Gasteiger partial charge < -0.3 is 14.6 Å². The van der Waals surface area contributed by atoms with E-state index in [1.54, 1.807) is 25.3 Å². The first-order valence-corrected chi connectivity index (χ1v) is 6.81. The van der Waals surface area contributed by atoms with E-state index in [1.165, 1.54) is 0 Å². The highest BCUT2D eigenvalue weighted by atomic mass is 79.9. The van der Waals surface area contributed by atoms with Crippen molar-refractivity contribution in [1.82, 2.24) is 4.90 Å². The minimum absolute atomic E-state index is 0.571. The molecule has 1 atom stereocenters. The van der Waals surface area contributed by atoms with Gasteiger partial charge in [0.25, 0.3) is 0 Å². The summed E-state index contributed by atoms with van der Waals surface area (Å²) in [7, 11) is 1.58. The minimum atomic E-state index is -0.848. The monoisotopic (exact) mass is 329 g/mol. The molecule has 19 heavy (non-hydrogen) atoms. The molecule has 1 aromatic rings. The molecule has 0 saturated carbocycles. The van der Waals surface area contributed by atoms with Crippen molar-refractivity contribution in [3.05, 3.63) is 28.2 Å². The number of benzene rings is 1. The average Bonchev–Trinajstić information content (AvgIpc) is 2.40. The van der Waals surface area contributed by atoms with Crippen LogP contribution in [0.1, 0.15) is 11.6 Å². The number of carbonyl (C=O) groups is 1. The summed E-state index contributed by atoms with van der Waals surface area (Å²) < 4.78 is 11.2. The summed E-state index contributed by atoms with van der Waals surface area (Å²) in [6.07, 6.45) is 0. The molecule has 0 bridgehead atoms. The smallest absolute Gasteiger partial charge is 0.325 e. The van der Waals surface area contributed by atoms with Crippen LogP contribution in [0.2, 0.25) is 0 Å². The van der Waals surface area contributed by atoms with Crippen LogP contribution in [-0.4, -0.2) is 49.4 Å². The third-order valence-electron chi connectivity index (χ3n) is 3.14. The van der Waals surface area contributed by atoms with Crippen LogP contribution in [0.15, 0.2) is 22.7 Å². The molecule has 0 spiro atoms. The van der Waals surface area contributed by atoms with Crippen molar-refractivity contribution in [2.75, 3.05) is 33.4 Å². The molecule has 1 aliphatic rings. The van der Waals surface area contributed by atoms with Crippen LogP contribution in [0.25, 0.3) is 0 Å². The molecule has 1 aliphatic heterocycles. The highest BCUT2D eigenvalue weighted by Crippen LogP contribution is 2.30. The Morgan fingerprint density at radius 3 is 2.68 bits per heavy atom. The zero-order chi connectivity index (χ0) is 13.8. The first-order valence-electron chi connectivity index (χ1n) is 6.01. The standard InChI is InChI=1S/C13H16BrNO4/c1-18-11-3-2-9(8-10(11)14)12(13(16)17)15-4-6-19-7-5-15/h2-3,8,12H,4-7H2,1H3,(H,16,17). The third kappa shape index (κ3) is 3.26. The van der Waals surface area contributed by atoms with Gasteiger partial charge in [-0.25, -0.2) is 0 Å². The number of ether oxygens (including phenoxy) is 2. The number of nitrogens with zero attached hydrogens (tertiary/aromatic N) is 1. The minimum Gasteiger partial charge on any atom is -0.496 e. The van der Waals surface area contributed by atoms with Gasteiger partial charge in [0.1, 0.15) is 11.8 Å². The van der Waals surface area contributed by atoms with Crippen LogP contribution in [-0.2, 0) is 9.53 Å². The molecule has 0 aliphatic carbocycles. The Labute approximate surface area is 120 Å². The van der Waals surface area contributed by atoms with Gasteiger partial charge >= 0.3 is 5.97 Å². The van der Waals surface area contributed by atoms with Gasteiger partial charge in [0, 0.05) is 13.1 Å². The molecular formula is C13H16BrNO4. The molecule has 0 radical (unpaired) electrons.